The predicted octanol–water partition coefficient (Wildman–Crippen LogP) is 3.51. The van der Waals surface area contributed by atoms with Crippen LogP contribution in [0.5, 0.6) is 0 Å². The van der Waals surface area contributed by atoms with Gasteiger partial charge in [0, 0.05) is 17.3 Å². The summed E-state index contributed by atoms with van der Waals surface area (Å²) in [6.07, 6.45) is 4.95. The number of hydrogen-bond donors (Lipinski definition) is 1. The van der Waals surface area contributed by atoms with Gasteiger partial charge in [0.15, 0.2) is 0 Å². The molecule has 0 amide bonds. The molecule has 21 heavy (non-hydrogen) atoms. The van der Waals surface area contributed by atoms with Gasteiger partial charge in [-0.05, 0) is 56.3 Å². The molecule has 3 atom stereocenters. The molecule has 0 radical (unpaired) electrons. The normalized spacial score (nSPS) is 24.8. The first-order chi connectivity index (χ1) is 9.82. The monoisotopic (exact) mass is 329 g/mol. The smallest absolute Gasteiger partial charge is 0.150 e. The van der Waals surface area contributed by atoms with Crippen LogP contribution in [-0.4, -0.2) is 27.0 Å². The minimum atomic E-state index is -2.95. The van der Waals surface area contributed by atoms with Crippen LogP contribution in [0.15, 0.2) is 18.2 Å². The lowest BCUT2D eigenvalue weighted by Gasteiger charge is -2.34. The Labute approximate surface area is 133 Å². The molecule has 3 nitrogen and oxygen atoms in total. The van der Waals surface area contributed by atoms with Crippen LogP contribution in [-0.2, 0) is 9.84 Å². The first-order valence-electron chi connectivity index (χ1n) is 7.45. The van der Waals surface area contributed by atoms with Crippen molar-refractivity contribution >= 4 is 21.4 Å². The van der Waals surface area contributed by atoms with E-state index in [2.05, 4.69) is 11.4 Å². The van der Waals surface area contributed by atoms with E-state index in [9.17, 15) is 8.42 Å². The molecule has 0 aromatic heterocycles. The summed E-state index contributed by atoms with van der Waals surface area (Å²) < 4.78 is 23.7. The summed E-state index contributed by atoms with van der Waals surface area (Å²) in [4.78, 5) is 0. The summed E-state index contributed by atoms with van der Waals surface area (Å²) in [7, 11) is -1.00. The predicted molar refractivity (Wildman–Crippen MR) is 88.6 cm³/mol. The van der Waals surface area contributed by atoms with Crippen molar-refractivity contribution in [2.45, 2.75) is 43.9 Å². The van der Waals surface area contributed by atoms with Crippen LogP contribution in [0.3, 0.4) is 0 Å². The van der Waals surface area contributed by atoms with E-state index in [1.165, 1.54) is 11.8 Å². The molecule has 5 heteroatoms. The minimum absolute atomic E-state index is 0.186. The van der Waals surface area contributed by atoms with Crippen molar-refractivity contribution < 1.29 is 8.42 Å². The third kappa shape index (κ3) is 3.99. The third-order valence-corrected chi connectivity index (χ3v) is 6.66. The van der Waals surface area contributed by atoms with E-state index in [-0.39, 0.29) is 11.3 Å². The lowest BCUT2D eigenvalue weighted by Crippen LogP contribution is -2.34. The number of rotatable bonds is 4. The first kappa shape index (κ1) is 16.8. The molecule has 1 fully saturated rings. The van der Waals surface area contributed by atoms with Crippen LogP contribution in [0, 0.1) is 12.8 Å². The molecule has 1 aliphatic rings. The zero-order valence-corrected chi connectivity index (χ0v) is 14.5. The van der Waals surface area contributed by atoms with Gasteiger partial charge in [-0.3, -0.25) is 0 Å². The van der Waals surface area contributed by atoms with Crippen molar-refractivity contribution in [3.63, 3.8) is 0 Å². The zero-order valence-electron chi connectivity index (χ0n) is 12.9. The fourth-order valence-corrected chi connectivity index (χ4v) is 4.72. The van der Waals surface area contributed by atoms with Gasteiger partial charge in [-0.2, -0.15) is 0 Å². The molecule has 1 saturated carbocycles. The van der Waals surface area contributed by atoms with E-state index in [1.807, 2.05) is 26.1 Å². The van der Waals surface area contributed by atoms with Gasteiger partial charge in [0.1, 0.15) is 9.84 Å². The van der Waals surface area contributed by atoms with E-state index < -0.39 is 9.84 Å². The molecule has 0 bridgehead atoms. The second-order valence-corrected chi connectivity index (χ2v) is 8.89. The quantitative estimate of drug-likeness (QED) is 0.919. The summed E-state index contributed by atoms with van der Waals surface area (Å²) in [6, 6.07) is 6.26. The van der Waals surface area contributed by atoms with Crippen LogP contribution in [0.25, 0.3) is 0 Å². The van der Waals surface area contributed by atoms with Gasteiger partial charge in [0.25, 0.3) is 0 Å². The Bertz CT molecular complexity index is 600. The van der Waals surface area contributed by atoms with Crippen LogP contribution in [0.4, 0.5) is 0 Å². The summed E-state index contributed by atoms with van der Waals surface area (Å²) >= 11 is 6.10. The molecule has 2 rings (SSSR count). The van der Waals surface area contributed by atoms with Gasteiger partial charge in [-0.1, -0.05) is 30.2 Å². The maximum Gasteiger partial charge on any atom is 0.150 e. The molecule has 1 aromatic carbocycles. The van der Waals surface area contributed by atoms with Gasteiger partial charge in [-0.25, -0.2) is 8.42 Å². The van der Waals surface area contributed by atoms with Crippen LogP contribution >= 0.6 is 11.6 Å². The molecule has 1 N–H and O–H groups in total. The number of aryl methyl sites for hydroxylation is 1. The Kier molecular flexibility index (Phi) is 5.33. The topological polar surface area (TPSA) is 46.2 Å². The molecule has 0 aliphatic heterocycles. The van der Waals surface area contributed by atoms with Crippen LogP contribution in [0.1, 0.15) is 42.9 Å². The Morgan fingerprint density at radius 1 is 1.33 bits per heavy atom. The third-order valence-electron chi connectivity index (χ3n) is 4.60. The maximum absolute atomic E-state index is 11.8. The largest absolute Gasteiger partial charge is 0.313 e. The van der Waals surface area contributed by atoms with Crippen molar-refractivity contribution in [3.8, 4) is 0 Å². The van der Waals surface area contributed by atoms with Gasteiger partial charge in [0.2, 0.25) is 0 Å². The number of halogens is 1. The average Bonchev–Trinajstić information content (AvgIpc) is 2.43. The first-order valence-corrected chi connectivity index (χ1v) is 9.78. The highest BCUT2D eigenvalue weighted by Gasteiger charge is 2.33. The molecular weight excluding hydrogens is 306 g/mol. The van der Waals surface area contributed by atoms with Crippen molar-refractivity contribution in [2.75, 3.05) is 13.3 Å². The van der Waals surface area contributed by atoms with E-state index in [4.69, 9.17) is 11.6 Å². The van der Waals surface area contributed by atoms with Gasteiger partial charge in [-0.15, -0.1) is 0 Å². The van der Waals surface area contributed by atoms with Gasteiger partial charge >= 0.3 is 0 Å². The molecule has 118 valence electrons. The number of benzene rings is 1. The summed E-state index contributed by atoms with van der Waals surface area (Å²) in [6.45, 7) is 2.00. The molecule has 0 saturated heterocycles. The second-order valence-electron chi connectivity index (χ2n) is 6.15. The molecular formula is C16H24ClNO2S. The zero-order chi connectivity index (χ0) is 15.6. The highest BCUT2D eigenvalue weighted by atomic mass is 35.5. The Balaban J connectivity index is 2.22. The van der Waals surface area contributed by atoms with Crippen molar-refractivity contribution in [1.29, 1.82) is 0 Å². The van der Waals surface area contributed by atoms with E-state index in [1.54, 1.807) is 0 Å². The van der Waals surface area contributed by atoms with Crippen molar-refractivity contribution in [3.05, 3.63) is 34.3 Å². The fraction of sp³-hybridized carbons (Fsp3) is 0.625. The van der Waals surface area contributed by atoms with Gasteiger partial charge < -0.3 is 5.32 Å². The highest BCUT2D eigenvalue weighted by molar-refractivity contribution is 7.91. The van der Waals surface area contributed by atoms with E-state index >= 15 is 0 Å². The Morgan fingerprint density at radius 3 is 2.62 bits per heavy atom. The summed E-state index contributed by atoms with van der Waals surface area (Å²) in [5, 5.41) is 3.94. The number of hydrogen-bond acceptors (Lipinski definition) is 3. The van der Waals surface area contributed by atoms with Crippen molar-refractivity contribution in [1.82, 2.24) is 5.32 Å². The molecule has 1 aromatic rings. The van der Waals surface area contributed by atoms with Crippen molar-refractivity contribution in [2.24, 2.45) is 5.92 Å². The highest BCUT2D eigenvalue weighted by Crippen LogP contribution is 2.37. The molecule has 1 aliphatic carbocycles. The van der Waals surface area contributed by atoms with Gasteiger partial charge in [0.05, 0.1) is 5.25 Å². The minimum Gasteiger partial charge on any atom is -0.313 e. The fourth-order valence-electron chi connectivity index (χ4n) is 3.41. The standard InChI is InChI=1S/C16H24ClNO2S/c1-11-9-13(7-8-15(11)17)16(18-2)12-5-4-6-14(10-12)21(3,19)20/h7-9,12,14,16,18H,4-6,10H2,1-3H3. The average molecular weight is 330 g/mol. The summed E-state index contributed by atoms with van der Waals surface area (Å²) in [5.74, 6) is 0.351. The number of sulfone groups is 1. The Morgan fingerprint density at radius 2 is 2.05 bits per heavy atom. The van der Waals surface area contributed by atoms with E-state index in [0.29, 0.717) is 5.92 Å². The molecule has 0 heterocycles. The summed E-state index contributed by atoms with van der Waals surface area (Å²) in [5.41, 5.74) is 2.25. The molecule has 0 spiro atoms. The SMILES string of the molecule is CNC(c1ccc(Cl)c(C)c1)C1CCCC(S(C)(=O)=O)C1. The van der Waals surface area contributed by atoms with E-state index in [0.717, 1.165) is 36.3 Å². The maximum atomic E-state index is 11.8. The molecule has 3 unspecified atom stereocenters. The number of nitrogens with one attached hydrogen (secondary N) is 1. The lowest BCUT2D eigenvalue weighted by atomic mass is 9.80. The lowest BCUT2D eigenvalue weighted by molar-refractivity contribution is 0.282. The van der Waals surface area contributed by atoms with Crippen LogP contribution < -0.4 is 5.32 Å². The van der Waals surface area contributed by atoms with Crippen LogP contribution in [0.2, 0.25) is 5.02 Å². The second kappa shape index (κ2) is 6.67. The Hall–Kier alpha value is -0.580.